The van der Waals surface area contributed by atoms with Crippen LogP contribution in [-0.4, -0.2) is 2.78 Å². The largest absolute Gasteiger partial charge is 0.282 e. The highest BCUT2D eigenvalue weighted by Gasteiger charge is 2.19. The Morgan fingerprint density at radius 3 is 1.36 bits per heavy atom. The molecule has 0 unspecified atom stereocenters. The van der Waals surface area contributed by atoms with Crippen LogP contribution in [0.15, 0.2) is 36.4 Å². The number of halogens is 1. The van der Waals surface area contributed by atoms with Crippen LogP contribution in [0.5, 0.6) is 0 Å². The van der Waals surface area contributed by atoms with Gasteiger partial charge in [0.1, 0.15) is 0 Å². The second kappa shape index (κ2) is 4.98. The quantitative estimate of drug-likeness (QED) is 0.372. The maximum Gasteiger partial charge on any atom is 0.0646 e. The van der Waals surface area contributed by atoms with E-state index in [0.29, 0.717) is 0 Å². The second-order valence-corrected chi connectivity index (χ2v) is 9.21. The highest BCUT2D eigenvalue weighted by atomic mass is 127. The summed E-state index contributed by atoms with van der Waals surface area (Å²) in [5.41, 5.74) is 5.76. The minimum Gasteiger partial charge on any atom is -0.282 e. The van der Waals surface area contributed by atoms with Crippen molar-refractivity contribution >= 4 is 44.7 Å². The molecule has 0 N–H and O–H groups in total. The lowest BCUT2D eigenvalue weighted by Crippen LogP contribution is -2.10. The molecule has 1 heterocycles. The Hall–Kier alpha value is -1.03. The fraction of sp³-hybridized carbons (Fsp3) is 0.400. The Bertz CT molecular complexity index is 786. The van der Waals surface area contributed by atoms with Gasteiger partial charge < -0.3 is 0 Å². The van der Waals surface area contributed by atoms with Crippen molar-refractivity contribution in [2.75, 3.05) is 0 Å². The number of aromatic nitrogens is 1. The molecule has 3 rings (SSSR count). The van der Waals surface area contributed by atoms with Crippen molar-refractivity contribution in [3.05, 3.63) is 47.5 Å². The van der Waals surface area contributed by atoms with Crippen LogP contribution in [0.1, 0.15) is 52.7 Å². The molecule has 0 fully saturated rings. The first-order valence-electron chi connectivity index (χ1n) is 7.84. The predicted molar refractivity (Wildman–Crippen MR) is 106 cm³/mol. The summed E-state index contributed by atoms with van der Waals surface area (Å²) >= 11 is 2.44. The fourth-order valence-corrected chi connectivity index (χ4v) is 3.70. The minimum atomic E-state index is 0.178. The van der Waals surface area contributed by atoms with Gasteiger partial charge in [-0.2, -0.15) is 0 Å². The maximum absolute atomic E-state index is 2.44. The summed E-state index contributed by atoms with van der Waals surface area (Å²) < 4.78 is 2.31. The van der Waals surface area contributed by atoms with Crippen LogP contribution in [-0.2, 0) is 10.8 Å². The van der Waals surface area contributed by atoms with Crippen LogP contribution in [0.3, 0.4) is 0 Å². The number of rotatable bonds is 0. The van der Waals surface area contributed by atoms with Gasteiger partial charge in [0.25, 0.3) is 0 Å². The van der Waals surface area contributed by atoms with E-state index in [0.717, 1.165) is 0 Å². The summed E-state index contributed by atoms with van der Waals surface area (Å²) in [6.07, 6.45) is 0. The highest BCUT2D eigenvalue weighted by Crippen LogP contribution is 2.36. The summed E-state index contributed by atoms with van der Waals surface area (Å²) in [7, 11) is 0. The molecule has 2 heteroatoms. The van der Waals surface area contributed by atoms with E-state index >= 15 is 0 Å². The van der Waals surface area contributed by atoms with E-state index in [1.165, 1.54) is 32.9 Å². The zero-order valence-electron chi connectivity index (χ0n) is 14.3. The van der Waals surface area contributed by atoms with E-state index in [2.05, 4.69) is 104 Å². The molecule has 0 aliphatic carbocycles. The van der Waals surface area contributed by atoms with Crippen LogP contribution in [0.4, 0.5) is 0 Å². The number of hydrogen-bond donors (Lipinski definition) is 0. The Kier molecular flexibility index (Phi) is 3.59. The zero-order valence-corrected chi connectivity index (χ0v) is 16.4. The smallest absolute Gasteiger partial charge is 0.0646 e. The van der Waals surface area contributed by atoms with Gasteiger partial charge in [-0.05, 0) is 34.1 Å². The van der Waals surface area contributed by atoms with Gasteiger partial charge in [-0.3, -0.25) is 2.78 Å². The van der Waals surface area contributed by atoms with Gasteiger partial charge in [-0.25, -0.2) is 0 Å². The van der Waals surface area contributed by atoms with Crippen LogP contribution in [0, 0.1) is 0 Å². The normalized spacial score (nSPS) is 13.2. The molecule has 0 radical (unpaired) electrons. The molecule has 0 saturated heterocycles. The fourth-order valence-electron chi connectivity index (χ4n) is 2.91. The summed E-state index contributed by atoms with van der Waals surface area (Å²) in [4.78, 5) is 0. The molecule has 22 heavy (non-hydrogen) atoms. The van der Waals surface area contributed by atoms with Crippen molar-refractivity contribution in [3.63, 3.8) is 0 Å². The van der Waals surface area contributed by atoms with E-state index in [1.807, 2.05) is 0 Å². The SMILES string of the molecule is CC(C)(C)c1ccc2c3ccc(C(C)(C)C)cc3n(I)c2c1. The number of hydrogen-bond acceptors (Lipinski definition) is 0. The third-order valence-electron chi connectivity index (χ3n) is 4.44. The first-order chi connectivity index (χ1) is 10.1. The van der Waals surface area contributed by atoms with Gasteiger partial charge in [-0.15, -0.1) is 0 Å². The standard InChI is InChI=1S/C20H24IN/c1-19(2,3)13-7-9-15-16-10-8-14(20(4,5)6)12-18(16)22(21)17(15)11-13/h7-12H,1-6H3. The van der Waals surface area contributed by atoms with Gasteiger partial charge in [0.2, 0.25) is 0 Å². The molecule has 116 valence electrons. The molecule has 1 nitrogen and oxygen atoms in total. The molecule has 0 aliphatic heterocycles. The lowest BCUT2D eigenvalue weighted by atomic mass is 9.86. The lowest BCUT2D eigenvalue weighted by Gasteiger charge is -2.19. The average Bonchev–Trinajstić information content (AvgIpc) is 2.70. The van der Waals surface area contributed by atoms with Crippen molar-refractivity contribution in [3.8, 4) is 0 Å². The molecule has 2 aromatic carbocycles. The molecule has 0 amide bonds. The molecule has 0 bridgehead atoms. The molecule has 1 aromatic heterocycles. The average molecular weight is 405 g/mol. The Labute approximate surface area is 147 Å². The van der Waals surface area contributed by atoms with Crippen LogP contribution in [0.25, 0.3) is 21.8 Å². The van der Waals surface area contributed by atoms with Gasteiger partial charge in [0.15, 0.2) is 0 Å². The van der Waals surface area contributed by atoms with E-state index in [9.17, 15) is 0 Å². The molecule has 0 saturated carbocycles. The summed E-state index contributed by atoms with van der Waals surface area (Å²) in [6.45, 7) is 13.6. The topological polar surface area (TPSA) is 4.93 Å². The van der Waals surface area contributed by atoms with E-state index in [4.69, 9.17) is 0 Å². The van der Waals surface area contributed by atoms with Crippen molar-refractivity contribution in [1.29, 1.82) is 0 Å². The third kappa shape index (κ3) is 2.55. The van der Waals surface area contributed by atoms with Crippen LogP contribution < -0.4 is 0 Å². The third-order valence-corrected chi connectivity index (χ3v) is 5.48. The molecule has 0 aliphatic rings. The Morgan fingerprint density at radius 2 is 1.05 bits per heavy atom. The molecule has 3 aromatic rings. The van der Waals surface area contributed by atoms with E-state index in [1.54, 1.807) is 0 Å². The minimum absolute atomic E-state index is 0.178. The number of benzene rings is 2. The molecule has 0 atom stereocenters. The van der Waals surface area contributed by atoms with Gasteiger partial charge in [0.05, 0.1) is 33.9 Å². The van der Waals surface area contributed by atoms with Crippen LogP contribution in [0.2, 0.25) is 0 Å². The summed E-state index contributed by atoms with van der Waals surface area (Å²) in [6, 6.07) is 13.8. The van der Waals surface area contributed by atoms with Crippen molar-refractivity contribution < 1.29 is 0 Å². The first-order valence-corrected chi connectivity index (χ1v) is 8.81. The van der Waals surface area contributed by atoms with Gasteiger partial charge >= 0.3 is 0 Å². The molecular weight excluding hydrogens is 381 g/mol. The van der Waals surface area contributed by atoms with E-state index in [-0.39, 0.29) is 10.8 Å². The van der Waals surface area contributed by atoms with Gasteiger partial charge in [0, 0.05) is 10.8 Å². The lowest BCUT2D eigenvalue weighted by molar-refractivity contribution is 0.591. The van der Waals surface area contributed by atoms with Crippen molar-refractivity contribution in [2.45, 2.75) is 52.4 Å². The predicted octanol–water partition coefficient (Wildman–Crippen LogP) is 6.59. The summed E-state index contributed by atoms with van der Waals surface area (Å²) in [5, 5.41) is 2.69. The summed E-state index contributed by atoms with van der Waals surface area (Å²) in [5.74, 6) is 0. The Balaban J connectivity index is 2.33. The first kappa shape index (κ1) is 15.9. The Morgan fingerprint density at radius 1 is 0.682 bits per heavy atom. The van der Waals surface area contributed by atoms with Crippen LogP contribution >= 0.6 is 22.9 Å². The zero-order chi connectivity index (χ0) is 16.3. The van der Waals surface area contributed by atoms with Crippen molar-refractivity contribution in [2.24, 2.45) is 0 Å². The maximum atomic E-state index is 2.44. The second-order valence-electron chi connectivity index (χ2n) is 8.24. The van der Waals surface area contributed by atoms with E-state index < -0.39 is 0 Å². The molecular formula is C20H24IN. The molecule has 0 spiro atoms. The highest BCUT2D eigenvalue weighted by molar-refractivity contribution is 14.1. The number of nitrogens with zero attached hydrogens (tertiary/aromatic N) is 1. The van der Waals surface area contributed by atoms with Gasteiger partial charge in [-0.1, -0.05) is 65.8 Å². The van der Waals surface area contributed by atoms with Crippen molar-refractivity contribution in [1.82, 2.24) is 2.78 Å². The number of fused-ring (bicyclic) bond motifs is 3. The monoisotopic (exact) mass is 405 g/mol.